The Labute approximate surface area is 63.8 Å². The summed E-state index contributed by atoms with van der Waals surface area (Å²) in [5.41, 5.74) is -0.313. The minimum Gasteiger partial charge on any atom is -0.466 e. The van der Waals surface area contributed by atoms with E-state index in [2.05, 4.69) is 4.74 Å². The molecule has 66 valence electrons. The Hall–Kier alpha value is -0.670. The van der Waals surface area contributed by atoms with Crippen molar-refractivity contribution in [1.82, 2.24) is 0 Å². The fourth-order valence-electron chi connectivity index (χ4n) is 0.334. The maximum atomic E-state index is 12.0. The maximum absolute atomic E-state index is 12.0. The summed E-state index contributed by atoms with van der Waals surface area (Å²) in [6.07, 6.45) is -2.41. The molecule has 0 atom stereocenters. The van der Waals surface area contributed by atoms with Crippen molar-refractivity contribution in [3.63, 3.8) is 0 Å². The smallest absolute Gasteiger partial charge is 0.342 e. The van der Waals surface area contributed by atoms with Crippen molar-refractivity contribution in [2.24, 2.45) is 5.41 Å². The van der Waals surface area contributed by atoms with E-state index in [1.165, 1.54) is 0 Å². The number of hydrogen-bond donors (Lipinski definition) is 0. The zero-order valence-electron chi connectivity index (χ0n) is 6.75. The lowest BCUT2D eigenvalue weighted by atomic mass is 9.99. The van der Waals surface area contributed by atoms with Crippen LogP contribution in [0.1, 0.15) is 20.8 Å². The third-order valence-corrected chi connectivity index (χ3v) is 0.780. The molecule has 0 fully saturated rings. The third kappa shape index (κ3) is 5.76. The fraction of sp³-hybridized carbons (Fsp3) is 0.714. The quantitative estimate of drug-likeness (QED) is 0.575. The zero-order valence-corrected chi connectivity index (χ0v) is 6.75. The molecule has 0 radical (unpaired) electrons. The lowest BCUT2D eigenvalue weighted by molar-refractivity contribution is 0.0679. The summed E-state index contributed by atoms with van der Waals surface area (Å²) in [4.78, 5) is 0. The second-order valence-electron chi connectivity index (χ2n) is 3.38. The summed E-state index contributed by atoms with van der Waals surface area (Å²) in [5.74, 6) is 0. The van der Waals surface area contributed by atoms with Crippen LogP contribution in [-0.4, -0.2) is 6.61 Å². The Morgan fingerprint density at radius 1 is 1.18 bits per heavy atom. The second-order valence-corrected chi connectivity index (χ2v) is 3.38. The van der Waals surface area contributed by atoms with Gasteiger partial charge in [-0.1, -0.05) is 20.8 Å². The van der Waals surface area contributed by atoms with Gasteiger partial charge in [-0.3, -0.25) is 0 Å². The zero-order chi connectivity index (χ0) is 9.07. The molecule has 1 nitrogen and oxygen atoms in total. The van der Waals surface area contributed by atoms with Gasteiger partial charge in [-0.25, -0.2) is 0 Å². The van der Waals surface area contributed by atoms with E-state index < -0.39 is 12.1 Å². The van der Waals surface area contributed by atoms with Gasteiger partial charge in [0.2, 0.25) is 0 Å². The molecule has 0 aliphatic heterocycles. The van der Waals surface area contributed by atoms with E-state index in [0.29, 0.717) is 0 Å². The maximum Gasteiger partial charge on any atom is 0.342 e. The summed E-state index contributed by atoms with van der Waals surface area (Å²) in [5, 5.41) is 0. The first-order valence-electron chi connectivity index (χ1n) is 3.16. The SMILES string of the molecule is CC(C)(C)COC(F)=C(F)F. The standard InChI is InChI=1S/C7H11F3O/c1-7(2,3)4-11-6(10)5(8)9/h4H2,1-3H3. The second kappa shape index (κ2) is 3.64. The molecular formula is C7H11F3O. The lowest BCUT2D eigenvalue weighted by Crippen LogP contribution is -2.13. The topological polar surface area (TPSA) is 9.23 Å². The summed E-state index contributed by atoms with van der Waals surface area (Å²) in [6.45, 7) is 5.22. The Bertz CT molecular complexity index is 154. The van der Waals surface area contributed by atoms with Gasteiger partial charge in [-0.15, -0.1) is 0 Å². The average molecular weight is 168 g/mol. The van der Waals surface area contributed by atoms with Gasteiger partial charge >= 0.3 is 12.1 Å². The molecule has 0 spiro atoms. The molecule has 0 aliphatic rings. The van der Waals surface area contributed by atoms with Crippen LogP contribution >= 0.6 is 0 Å². The third-order valence-electron chi connectivity index (χ3n) is 0.780. The summed E-state index contributed by atoms with van der Waals surface area (Å²) in [7, 11) is 0. The van der Waals surface area contributed by atoms with Crippen molar-refractivity contribution in [3.05, 3.63) is 12.1 Å². The monoisotopic (exact) mass is 168 g/mol. The van der Waals surface area contributed by atoms with E-state index in [9.17, 15) is 13.2 Å². The average Bonchev–Trinajstić information content (AvgIpc) is 1.80. The van der Waals surface area contributed by atoms with E-state index >= 15 is 0 Å². The van der Waals surface area contributed by atoms with Crippen LogP contribution in [0.2, 0.25) is 0 Å². The number of halogens is 3. The van der Waals surface area contributed by atoms with Crippen LogP contribution in [0.5, 0.6) is 0 Å². The molecule has 0 N–H and O–H groups in total. The molecule has 0 aliphatic carbocycles. The van der Waals surface area contributed by atoms with Crippen LogP contribution in [0.15, 0.2) is 12.1 Å². The first kappa shape index (κ1) is 10.3. The number of ether oxygens (including phenoxy) is 1. The Morgan fingerprint density at radius 3 is 1.91 bits per heavy atom. The molecule has 0 aromatic rings. The molecule has 0 saturated carbocycles. The van der Waals surface area contributed by atoms with Gasteiger partial charge in [0.05, 0.1) is 6.61 Å². The van der Waals surface area contributed by atoms with Gasteiger partial charge in [-0.05, 0) is 5.41 Å². The largest absolute Gasteiger partial charge is 0.466 e. The van der Waals surface area contributed by atoms with E-state index in [1.807, 2.05) is 0 Å². The highest BCUT2D eigenvalue weighted by molar-refractivity contribution is 4.81. The van der Waals surface area contributed by atoms with Crippen molar-refractivity contribution in [1.29, 1.82) is 0 Å². The minimum absolute atomic E-state index is 0.0594. The van der Waals surface area contributed by atoms with Crippen molar-refractivity contribution >= 4 is 0 Å². The van der Waals surface area contributed by atoms with E-state index in [4.69, 9.17) is 0 Å². The van der Waals surface area contributed by atoms with Gasteiger partial charge in [0, 0.05) is 0 Å². The molecule has 0 saturated heterocycles. The van der Waals surface area contributed by atoms with Crippen molar-refractivity contribution in [2.45, 2.75) is 20.8 Å². The van der Waals surface area contributed by atoms with Crippen LogP contribution in [0.4, 0.5) is 13.2 Å². The van der Waals surface area contributed by atoms with Crippen LogP contribution in [-0.2, 0) is 4.74 Å². The van der Waals surface area contributed by atoms with Crippen molar-refractivity contribution in [3.8, 4) is 0 Å². The highest BCUT2D eigenvalue weighted by Gasteiger charge is 2.14. The molecule has 0 unspecified atom stereocenters. The van der Waals surface area contributed by atoms with Crippen LogP contribution < -0.4 is 0 Å². The Kier molecular flexibility index (Phi) is 3.42. The predicted octanol–water partition coefficient (Wildman–Crippen LogP) is 3.08. The van der Waals surface area contributed by atoms with Gasteiger partial charge in [-0.2, -0.15) is 13.2 Å². The van der Waals surface area contributed by atoms with Crippen LogP contribution in [0, 0.1) is 5.41 Å². The van der Waals surface area contributed by atoms with Crippen molar-refractivity contribution in [2.75, 3.05) is 6.61 Å². The predicted molar refractivity (Wildman–Crippen MR) is 35.8 cm³/mol. The molecule has 0 bridgehead atoms. The molecule has 11 heavy (non-hydrogen) atoms. The van der Waals surface area contributed by atoms with Gasteiger partial charge in [0.1, 0.15) is 0 Å². The fourth-order valence-corrected chi connectivity index (χ4v) is 0.334. The molecule has 0 heterocycles. The number of hydrogen-bond acceptors (Lipinski definition) is 1. The van der Waals surface area contributed by atoms with Crippen molar-refractivity contribution < 1.29 is 17.9 Å². The summed E-state index contributed by atoms with van der Waals surface area (Å²) in [6, 6.07) is -1.78. The van der Waals surface area contributed by atoms with E-state index in [0.717, 1.165) is 0 Å². The molecule has 0 amide bonds. The first-order chi connectivity index (χ1) is 4.83. The van der Waals surface area contributed by atoms with Gasteiger partial charge < -0.3 is 4.74 Å². The Balaban J connectivity index is 3.82. The van der Waals surface area contributed by atoms with Gasteiger partial charge in [0.25, 0.3) is 0 Å². The first-order valence-corrected chi connectivity index (χ1v) is 3.16. The van der Waals surface area contributed by atoms with E-state index in [1.54, 1.807) is 20.8 Å². The van der Waals surface area contributed by atoms with E-state index in [-0.39, 0.29) is 12.0 Å². The Morgan fingerprint density at radius 2 is 1.64 bits per heavy atom. The molecule has 4 heteroatoms. The number of rotatable bonds is 2. The molecule has 0 aromatic carbocycles. The van der Waals surface area contributed by atoms with Crippen LogP contribution in [0.3, 0.4) is 0 Å². The summed E-state index contributed by atoms with van der Waals surface area (Å²) >= 11 is 0. The molecular weight excluding hydrogens is 157 g/mol. The highest BCUT2D eigenvalue weighted by atomic mass is 19.3. The van der Waals surface area contributed by atoms with Crippen LogP contribution in [0.25, 0.3) is 0 Å². The van der Waals surface area contributed by atoms with Gasteiger partial charge in [0.15, 0.2) is 0 Å². The molecule has 0 rings (SSSR count). The summed E-state index contributed by atoms with van der Waals surface area (Å²) < 4.78 is 38.9. The minimum atomic E-state index is -2.41. The molecule has 0 aromatic heterocycles. The lowest BCUT2D eigenvalue weighted by Gasteiger charge is -2.16. The normalized spacial score (nSPS) is 11.1. The highest BCUT2D eigenvalue weighted by Crippen LogP contribution is 2.18.